The van der Waals surface area contributed by atoms with Crippen LogP contribution in [0.1, 0.15) is 12.8 Å². The Labute approximate surface area is 134 Å². The molecule has 1 N–H and O–H groups in total. The van der Waals surface area contributed by atoms with Crippen LogP contribution in [0.4, 0.5) is 10.1 Å². The Hall–Kier alpha value is -2.41. The third-order valence-electron chi connectivity index (χ3n) is 3.18. The number of rotatable bonds is 7. The van der Waals surface area contributed by atoms with Gasteiger partial charge in [0.15, 0.2) is 0 Å². The molecule has 0 saturated heterocycles. The molecule has 0 saturated carbocycles. The Bertz CT molecular complexity index is 778. The van der Waals surface area contributed by atoms with E-state index in [0.29, 0.717) is 0 Å². The van der Waals surface area contributed by atoms with Crippen LogP contribution in [0.3, 0.4) is 0 Å². The van der Waals surface area contributed by atoms with E-state index in [1.165, 1.54) is 30.3 Å². The molecule has 0 aliphatic rings. The molecule has 122 valence electrons. The van der Waals surface area contributed by atoms with Gasteiger partial charge in [-0.25, -0.2) is 12.8 Å². The summed E-state index contributed by atoms with van der Waals surface area (Å²) >= 11 is 0. The van der Waals surface area contributed by atoms with Gasteiger partial charge in [-0.15, -0.1) is 0 Å². The van der Waals surface area contributed by atoms with Crippen molar-refractivity contribution in [1.82, 2.24) is 0 Å². The van der Waals surface area contributed by atoms with E-state index in [1.54, 1.807) is 18.2 Å². The molecule has 2 rings (SSSR count). The van der Waals surface area contributed by atoms with E-state index < -0.39 is 21.8 Å². The van der Waals surface area contributed by atoms with Crippen molar-refractivity contribution in [2.75, 3.05) is 10.8 Å². The first-order chi connectivity index (χ1) is 10.9. The van der Waals surface area contributed by atoms with Gasteiger partial charge in [0.25, 0.3) is 10.0 Å². The van der Waals surface area contributed by atoms with Crippen molar-refractivity contribution < 1.29 is 22.7 Å². The smallest absolute Gasteiger partial charge is 0.303 e. The molecule has 0 spiro atoms. The van der Waals surface area contributed by atoms with Crippen LogP contribution in [-0.2, 0) is 14.8 Å². The van der Waals surface area contributed by atoms with E-state index in [2.05, 4.69) is 0 Å². The lowest BCUT2D eigenvalue weighted by Crippen LogP contribution is -2.32. The Balaban J connectivity index is 2.38. The Morgan fingerprint density at radius 2 is 1.78 bits per heavy atom. The predicted molar refractivity (Wildman–Crippen MR) is 84.2 cm³/mol. The van der Waals surface area contributed by atoms with Crippen molar-refractivity contribution in [2.45, 2.75) is 17.7 Å². The maximum atomic E-state index is 13.5. The summed E-state index contributed by atoms with van der Waals surface area (Å²) in [6.45, 7) is -0.0486. The van der Waals surface area contributed by atoms with Gasteiger partial charge in [-0.3, -0.25) is 9.10 Å². The molecule has 7 heteroatoms. The molecule has 0 aliphatic heterocycles. The minimum Gasteiger partial charge on any atom is -0.481 e. The fraction of sp³-hybridized carbons (Fsp3) is 0.188. The molecule has 0 atom stereocenters. The van der Waals surface area contributed by atoms with Crippen LogP contribution in [0.2, 0.25) is 0 Å². The van der Waals surface area contributed by atoms with E-state index in [-0.39, 0.29) is 30.0 Å². The zero-order valence-electron chi connectivity index (χ0n) is 12.2. The van der Waals surface area contributed by atoms with Gasteiger partial charge >= 0.3 is 5.97 Å². The van der Waals surface area contributed by atoms with Crippen molar-refractivity contribution in [3.63, 3.8) is 0 Å². The van der Waals surface area contributed by atoms with E-state index in [0.717, 1.165) is 10.4 Å². The number of anilines is 1. The zero-order valence-corrected chi connectivity index (χ0v) is 13.0. The van der Waals surface area contributed by atoms with Gasteiger partial charge in [0, 0.05) is 13.0 Å². The second-order valence-electron chi connectivity index (χ2n) is 4.87. The topological polar surface area (TPSA) is 74.7 Å². The first-order valence-electron chi connectivity index (χ1n) is 6.96. The minimum atomic E-state index is -3.90. The molecule has 0 amide bonds. The van der Waals surface area contributed by atoms with Crippen molar-refractivity contribution in [3.05, 3.63) is 60.4 Å². The van der Waals surface area contributed by atoms with Crippen molar-refractivity contribution in [1.29, 1.82) is 0 Å². The maximum absolute atomic E-state index is 13.5. The van der Waals surface area contributed by atoms with Crippen LogP contribution < -0.4 is 4.31 Å². The van der Waals surface area contributed by atoms with E-state index in [9.17, 15) is 17.6 Å². The molecule has 23 heavy (non-hydrogen) atoms. The average Bonchev–Trinajstić information content (AvgIpc) is 2.52. The molecule has 0 heterocycles. The van der Waals surface area contributed by atoms with Crippen LogP contribution in [0.15, 0.2) is 59.5 Å². The summed E-state index contributed by atoms with van der Waals surface area (Å²) < 4.78 is 40.0. The first kappa shape index (κ1) is 17.0. The molecule has 0 radical (unpaired) electrons. The number of aliphatic carboxylic acids is 1. The maximum Gasteiger partial charge on any atom is 0.303 e. The number of carboxylic acid groups (broad SMARTS) is 1. The molecule has 0 fully saturated rings. The van der Waals surface area contributed by atoms with Crippen molar-refractivity contribution >= 4 is 21.7 Å². The van der Waals surface area contributed by atoms with Crippen LogP contribution in [0, 0.1) is 5.82 Å². The number of carboxylic acids is 1. The highest BCUT2D eigenvalue weighted by Gasteiger charge is 2.24. The number of benzene rings is 2. The highest BCUT2D eigenvalue weighted by molar-refractivity contribution is 7.92. The summed E-state index contributed by atoms with van der Waals surface area (Å²) in [4.78, 5) is 10.7. The Kier molecular flexibility index (Phi) is 5.33. The molecule has 5 nitrogen and oxygen atoms in total. The number of hydrogen-bond donors (Lipinski definition) is 1. The van der Waals surface area contributed by atoms with Gasteiger partial charge in [-0.1, -0.05) is 24.3 Å². The summed E-state index contributed by atoms with van der Waals surface area (Å²) in [6.07, 6.45) is -0.0476. The van der Waals surface area contributed by atoms with Crippen LogP contribution in [0.25, 0.3) is 0 Å². The van der Waals surface area contributed by atoms with Gasteiger partial charge in [0.1, 0.15) is 5.82 Å². The average molecular weight is 337 g/mol. The molecule has 0 aromatic heterocycles. The van der Waals surface area contributed by atoms with Gasteiger partial charge in [-0.05, 0) is 36.8 Å². The number of hydrogen-bond acceptors (Lipinski definition) is 3. The monoisotopic (exact) mass is 337 g/mol. The predicted octanol–water partition coefficient (Wildman–Crippen LogP) is 2.89. The largest absolute Gasteiger partial charge is 0.481 e. The van der Waals surface area contributed by atoms with Crippen LogP contribution in [-0.4, -0.2) is 26.0 Å². The summed E-state index contributed by atoms with van der Waals surface area (Å²) in [6, 6.07) is 13.0. The van der Waals surface area contributed by atoms with Gasteiger partial charge in [-0.2, -0.15) is 0 Å². The summed E-state index contributed by atoms with van der Waals surface area (Å²) in [7, 11) is -3.90. The standard InChI is InChI=1S/C16H16FNO4S/c17-13-6-4-7-14(12-13)18(11-5-10-16(19)20)23(21,22)15-8-2-1-3-9-15/h1-4,6-9,12H,5,10-11H2,(H,19,20). The number of carbonyl (C=O) groups is 1. The molecular formula is C16H16FNO4S. The highest BCUT2D eigenvalue weighted by Crippen LogP contribution is 2.24. The first-order valence-corrected chi connectivity index (χ1v) is 8.40. The van der Waals surface area contributed by atoms with E-state index >= 15 is 0 Å². The second-order valence-corrected chi connectivity index (χ2v) is 6.73. The van der Waals surface area contributed by atoms with Gasteiger partial charge in [0.05, 0.1) is 10.6 Å². The lowest BCUT2D eigenvalue weighted by atomic mass is 10.3. The lowest BCUT2D eigenvalue weighted by Gasteiger charge is -2.24. The fourth-order valence-corrected chi connectivity index (χ4v) is 3.63. The normalized spacial score (nSPS) is 11.2. The Morgan fingerprint density at radius 3 is 2.39 bits per heavy atom. The van der Waals surface area contributed by atoms with Crippen LogP contribution in [0.5, 0.6) is 0 Å². The van der Waals surface area contributed by atoms with Crippen molar-refractivity contribution in [3.8, 4) is 0 Å². The summed E-state index contributed by atoms with van der Waals surface area (Å²) in [5, 5.41) is 8.73. The van der Waals surface area contributed by atoms with Gasteiger partial charge in [0.2, 0.25) is 0 Å². The number of sulfonamides is 1. The highest BCUT2D eigenvalue weighted by atomic mass is 32.2. The quantitative estimate of drug-likeness (QED) is 0.843. The molecular weight excluding hydrogens is 321 g/mol. The van der Waals surface area contributed by atoms with Crippen molar-refractivity contribution in [2.24, 2.45) is 0 Å². The van der Waals surface area contributed by atoms with E-state index in [1.807, 2.05) is 0 Å². The summed E-state index contributed by atoms with van der Waals surface area (Å²) in [5.41, 5.74) is 0.166. The van der Waals surface area contributed by atoms with Gasteiger partial charge < -0.3 is 5.11 Å². The number of halogens is 1. The molecule has 0 unspecified atom stereocenters. The SMILES string of the molecule is O=C(O)CCCN(c1cccc(F)c1)S(=O)(=O)c1ccccc1. The summed E-state index contributed by atoms with van der Waals surface area (Å²) in [5.74, 6) is -1.57. The minimum absolute atomic E-state index is 0.0486. The molecule has 2 aromatic rings. The zero-order chi connectivity index (χ0) is 16.9. The van der Waals surface area contributed by atoms with E-state index in [4.69, 9.17) is 5.11 Å². The van der Waals surface area contributed by atoms with Crippen LogP contribution >= 0.6 is 0 Å². The third-order valence-corrected chi connectivity index (χ3v) is 5.02. The second kappa shape index (κ2) is 7.23. The lowest BCUT2D eigenvalue weighted by molar-refractivity contribution is -0.137. The molecule has 0 bridgehead atoms. The molecule has 0 aliphatic carbocycles. The Morgan fingerprint density at radius 1 is 1.09 bits per heavy atom. The fourth-order valence-electron chi connectivity index (χ4n) is 2.11. The number of nitrogens with zero attached hydrogens (tertiary/aromatic N) is 1. The molecule has 2 aromatic carbocycles. The third kappa shape index (κ3) is 4.29.